The second-order valence-electron chi connectivity index (χ2n) is 4.73. The SMILES string of the molecule is CC(F)(F)c1ccc(C(=O)NNc2ccc(C#N)cc2)cc1. The van der Waals surface area contributed by atoms with Crippen LogP contribution in [0, 0.1) is 11.3 Å². The van der Waals surface area contributed by atoms with Gasteiger partial charge in [-0.2, -0.15) is 5.26 Å². The first-order valence-corrected chi connectivity index (χ1v) is 6.45. The number of alkyl halides is 2. The van der Waals surface area contributed by atoms with Crippen LogP contribution >= 0.6 is 0 Å². The van der Waals surface area contributed by atoms with E-state index in [2.05, 4.69) is 10.9 Å². The third-order valence-electron chi connectivity index (χ3n) is 2.99. The number of hydrogen-bond donors (Lipinski definition) is 2. The second kappa shape index (κ2) is 6.22. The molecule has 0 saturated carbocycles. The van der Waals surface area contributed by atoms with Crippen molar-refractivity contribution in [3.63, 3.8) is 0 Å². The van der Waals surface area contributed by atoms with Gasteiger partial charge in [0, 0.05) is 18.1 Å². The summed E-state index contributed by atoms with van der Waals surface area (Å²) in [5.74, 6) is -3.38. The Morgan fingerprint density at radius 2 is 1.68 bits per heavy atom. The number of nitriles is 1. The number of benzene rings is 2. The maximum Gasteiger partial charge on any atom is 0.270 e. The lowest BCUT2D eigenvalue weighted by Crippen LogP contribution is -2.29. The molecule has 112 valence electrons. The predicted octanol–water partition coefficient (Wildman–Crippen LogP) is 3.43. The minimum atomic E-state index is -2.93. The van der Waals surface area contributed by atoms with Crippen molar-refractivity contribution in [2.24, 2.45) is 0 Å². The molecule has 2 rings (SSSR count). The third-order valence-corrected chi connectivity index (χ3v) is 2.99. The Morgan fingerprint density at radius 3 is 2.18 bits per heavy atom. The van der Waals surface area contributed by atoms with E-state index in [-0.39, 0.29) is 11.1 Å². The minimum Gasteiger partial charge on any atom is -0.298 e. The summed E-state index contributed by atoms with van der Waals surface area (Å²) in [6, 6.07) is 13.6. The smallest absolute Gasteiger partial charge is 0.270 e. The number of hydrogen-bond acceptors (Lipinski definition) is 3. The number of anilines is 1. The molecule has 0 fully saturated rings. The fraction of sp³-hybridized carbons (Fsp3) is 0.125. The molecule has 2 aromatic rings. The Labute approximate surface area is 126 Å². The first kappa shape index (κ1) is 15.4. The summed E-state index contributed by atoms with van der Waals surface area (Å²) in [6.07, 6.45) is 0. The number of nitrogens with one attached hydrogen (secondary N) is 2. The Morgan fingerprint density at radius 1 is 1.09 bits per heavy atom. The summed E-state index contributed by atoms with van der Waals surface area (Å²) < 4.78 is 26.2. The van der Waals surface area contributed by atoms with Crippen molar-refractivity contribution in [3.8, 4) is 6.07 Å². The summed E-state index contributed by atoms with van der Waals surface area (Å²) in [6.45, 7) is 0.800. The normalized spacial score (nSPS) is 10.6. The molecule has 0 bridgehead atoms. The van der Waals surface area contributed by atoms with Crippen molar-refractivity contribution >= 4 is 11.6 Å². The quantitative estimate of drug-likeness (QED) is 0.850. The van der Waals surface area contributed by atoms with Gasteiger partial charge in [-0.05, 0) is 36.4 Å². The fourth-order valence-electron chi connectivity index (χ4n) is 1.74. The van der Waals surface area contributed by atoms with Crippen molar-refractivity contribution in [1.29, 1.82) is 5.26 Å². The summed E-state index contributed by atoms with van der Waals surface area (Å²) in [5.41, 5.74) is 6.35. The molecule has 0 aliphatic carbocycles. The van der Waals surface area contributed by atoms with Crippen LogP contribution < -0.4 is 10.9 Å². The monoisotopic (exact) mass is 301 g/mol. The van der Waals surface area contributed by atoms with Gasteiger partial charge >= 0.3 is 0 Å². The number of nitrogens with zero attached hydrogens (tertiary/aromatic N) is 1. The molecule has 2 aromatic carbocycles. The molecule has 0 atom stereocenters. The zero-order valence-corrected chi connectivity index (χ0v) is 11.7. The van der Waals surface area contributed by atoms with Crippen LogP contribution in [-0.4, -0.2) is 5.91 Å². The maximum absolute atomic E-state index is 13.1. The van der Waals surface area contributed by atoms with Crippen molar-refractivity contribution in [1.82, 2.24) is 5.43 Å². The van der Waals surface area contributed by atoms with E-state index in [0.717, 1.165) is 6.92 Å². The number of amides is 1. The standard InChI is InChI=1S/C16H13F2N3O/c1-16(17,18)13-6-4-12(5-7-13)15(22)21-20-14-8-2-11(10-19)3-9-14/h2-9,20H,1H3,(H,21,22). The van der Waals surface area contributed by atoms with Gasteiger partial charge in [0.15, 0.2) is 0 Å². The molecular weight excluding hydrogens is 288 g/mol. The second-order valence-corrected chi connectivity index (χ2v) is 4.73. The first-order chi connectivity index (χ1) is 10.4. The Kier molecular flexibility index (Phi) is 4.37. The van der Waals surface area contributed by atoms with Crippen LogP contribution in [0.5, 0.6) is 0 Å². The molecule has 0 aliphatic heterocycles. The highest BCUT2D eigenvalue weighted by Crippen LogP contribution is 2.26. The molecule has 22 heavy (non-hydrogen) atoms. The lowest BCUT2D eigenvalue weighted by molar-refractivity contribution is 0.0174. The molecule has 0 radical (unpaired) electrons. The zero-order valence-electron chi connectivity index (χ0n) is 11.7. The average Bonchev–Trinajstić information content (AvgIpc) is 2.52. The number of hydrazine groups is 1. The van der Waals surface area contributed by atoms with Gasteiger partial charge in [0.25, 0.3) is 11.8 Å². The lowest BCUT2D eigenvalue weighted by Gasteiger charge is -2.12. The van der Waals surface area contributed by atoms with Crippen LogP contribution in [0.1, 0.15) is 28.4 Å². The fourth-order valence-corrected chi connectivity index (χ4v) is 1.74. The molecular formula is C16H13F2N3O. The van der Waals surface area contributed by atoms with Gasteiger partial charge < -0.3 is 0 Å². The number of carbonyl (C=O) groups excluding carboxylic acids is 1. The third kappa shape index (κ3) is 3.79. The molecule has 0 heterocycles. The molecule has 6 heteroatoms. The topological polar surface area (TPSA) is 64.9 Å². The zero-order chi connectivity index (χ0) is 16.2. The van der Waals surface area contributed by atoms with Gasteiger partial charge in [0.05, 0.1) is 17.3 Å². The van der Waals surface area contributed by atoms with Crippen molar-refractivity contribution in [2.75, 3.05) is 5.43 Å². The van der Waals surface area contributed by atoms with Crippen LogP contribution in [0.25, 0.3) is 0 Å². The van der Waals surface area contributed by atoms with Crippen LogP contribution in [0.3, 0.4) is 0 Å². The van der Waals surface area contributed by atoms with Gasteiger partial charge in [-0.25, -0.2) is 8.78 Å². The maximum atomic E-state index is 13.1. The van der Waals surface area contributed by atoms with Crippen molar-refractivity contribution in [2.45, 2.75) is 12.8 Å². The van der Waals surface area contributed by atoms with Crippen molar-refractivity contribution < 1.29 is 13.6 Å². The minimum absolute atomic E-state index is 0.149. The summed E-state index contributed by atoms with van der Waals surface area (Å²) in [4.78, 5) is 11.9. The van der Waals surface area contributed by atoms with E-state index >= 15 is 0 Å². The largest absolute Gasteiger partial charge is 0.298 e. The molecule has 0 aliphatic rings. The number of rotatable bonds is 4. The van der Waals surface area contributed by atoms with Gasteiger partial charge in [-0.3, -0.25) is 15.6 Å². The molecule has 4 nitrogen and oxygen atoms in total. The van der Waals surface area contributed by atoms with E-state index in [0.29, 0.717) is 11.3 Å². The van der Waals surface area contributed by atoms with E-state index in [1.54, 1.807) is 24.3 Å². The summed E-state index contributed by atoms with van der Waals surface area (Å²) >= 11 is 0. The highest BCUT2D eigenvalue weighted by molar-refractivity contribution is 5.94. The van der Waals surface area contributed by atoms with Gasteiger partial charge in [-0.15, -0.1) is 0 Å². The highest BCUT2D eigenvalue weighted by atomic mass is 19.3. The Balaban J connectivity index is 1.98. The highest BCUT2D eigenvalue weighted by Gasteiger charge is 2.24. The lowest BCUT2D eigenvalue weighted by atomic mass is 10.1. The number of halogens is 2. The van der Waals surface area contributed by atoms with E-state index in [1.165, 1.54) is 24.3 Å². The van der Waals surface area contributed by atoms with Gasteiger partial charge in [0.2, 0.25) is 0 Å². The number of carbonyl (C=O) groups is 1. The van der Waals surface area contributed by atoms with E-state index in [9.17, 15) is 13.6 Å². The molecule has 0 aromatic heterocycles. The molecule has 0 unspecified atom stereocenters. The molecule has 2 N–H and O–H groups in total. The Bertz CT molecular complexity index is 698. The van der Waals surface area contributed by atoms with Crippen LogP contribution in [0.15, 0.2) is 48.5 Å². The summed E-state index contributed by atoms with van der Waals surface area (Å²) in [5, 5.41) is 8.68. The van der Waals surface area contributed by atoms with Gasteiger partial charge in [-0.1, -0.05) is 12.1 Å². The van der Waals surface area contributed by atoms with Crippen molar-refractivity contribution in [3.05, 3.63) is 65.2 Å². The van der Waals surface area contributed by atoms with E-state index < -0.39 is 11.8 Å². The molecule has 0 saturated heterocycles. The van der Waals surface area contributed by atoms with E-state index in [4.69, 9.17) is 5.26 Å². The predicted molar refractivity (Wildman–Crippen MR) is 78.3 cm³/mol. The van der Waals surface area contributed by atoms with Crippen LogP contribution in [0.4, 0.5) is 14.5 Å². The van der Waals surface area contributed by atoms with Crippen LogP contribution in [-0.2, 0) is 5.92 Å². The average molecular weight is 301 g/mol. The van der Waals surface area contributed by atoms with Crippen LogP contribution in [0.2, 0.25) is 0 Å². The van der Waals surface area contributed by atoms with E-state index in [1.807, 2.05) is 6.07 Å². The first-order valence-electron chi connectivity index (χ1n) is 6.45. The Hall–Kier alpha value is -2.94. The van der Waals surface area contributed by atoms with Gasteiger partial charge in [0.1, 0.15) is 0 Å². The summed E-state index contributed by atoms with van der Waals surface area (Å²) in [7, 11) is 0. The molecule has 0 spiro atoms. The molecule has 1 amide bonds.